The van der Waals surface area contributed by atoms with Gasteiger partial charge in [-0.25, -0.2) is 0 Å². The summed E-state index contributed by atoms with van der Waals surface area (Å²) in [6, 6.07) is 3.07. The molecule has 0 aromatic rings. The lowest BCUT2D eigenvalue weighted by Gasteiger charge is -2.58. The van der Waals surface area contributed by atoms with Crippen LogP contribution in [0.25, 0.3) is 0 Å². The first-order chi connectivity index (χ1) is 9.26. The number of nitriles is 1. The van der Waals surface area contributed by atoms with Crippen LogP contribution in [0.2, 0.25) is 0 Å². The number of nitrogens with zero attached hydrogens (tertiary/aromatic N) is 1. The van der Waals surface area contributed by atoms with Crippen LogP contribution in [0, 0.1) is 35.0 Å². The van der Waals surface area contributed by atoms with E-state index in [2.05, 4.69) is 11.4 Å². The van der Waals surface area contributed by atoms with Gasteiger partial charge in [-0.05, 0) is 69.1 Å². The molecule has 2 atom stereocenters. The summed E-state index contributed by atoms with van der Waals surface area (Å²) in [6.45, 7) is 0. The summed E-state index contributed by atoms with van der Waals surface area (Å²) in [4.78, 5) is 0. The van der Waals surface area contributed by atoms with E-state index in [0.717, 1.165) is 24.2 Å². The van der Waals surface area contributed by atoms with E-state index < -0.39 is 0 Å². The van der Waals surface area contributed by atoms with Crippen LogP contribution in [-0.2, 0) is 0 Å². The van der Waals surface area contributed by atoms with E-state index >= 15 is 0 Å². The van der Waals surface area contributed by atoms with Crippen molar-refractivity contribution >= 4 is 0 Å². The van der Waals surface area contributed by atoms with Crippen LogP contribution in [0.15, 0.2) is 0 Å². The normalized spacial score (nSPS) is 52.1. The van der Waals surface area contributed by atoms with Crippen LogP contribution in [0.4, 0.5) is 0 Å². The Morgan fingerprint density at radius 3 is 2.05 bits per heavy atom. The largest absolute Gasteiger partial charge is 0.307 e. The fraction of sp³-hybridized carbons (Fsp3) is 0.941. The fourth-order valence-electron chi connectivity index (χ4n) is 6.14. The fourth-order valence-corrected chi connectivity index (χ4v) is 6.14. The lowest BCUT2D eigenvalue weighted by molar-refractivity contribution is -0.0295. The van der Waals surface area contributed by atoms with Crippen LogP contribution < -0.4 is 5.32 Å². The number of hydrogen-bond donors (Lipinski definition) is 1. The zero-order chi connectivity index (χ0) is 12.9. The molecule has 0 aliphatic heterocycles. The van der Waals surface area contributed by atoms with E-state index in [1.54, 1.807) is 0 Å². The predicted molar refractivity (Wildman–Crippen MR) is 75.4 cm³/mol. The highest BCUT2D eigenvalue weighted by molar-refractivity contribution is 5.09. The molecule has 19 heavy (non-hydrogen) atoms. The third kappa shape index (κ3) is 2.11. The van der Waals surface area contributed by atoms with E-state index in [1.807, 2.05) is 0 Å². The second-order valence-corrected chi connectivity index (χ2v) is 7.97. The Bertz CT molecular complexity index is 359. The van der Waals surface area contributed by atoms with Gasteiger partial charge in [0.2, 0.25) is 0 Å². The molecule has 5 fully saturated rings. The highest BCUT2D eigenvalue weighted by Gasteiger charge is 2.51. The molecule has 0 aromatic carbocycles. The lowest BCUT2D eigenvalue weighted by Crippen LogP contribution is -2.62. The minimum Gasteiger partial charge on any atom is -0.307 e. The van der Waals surface area contributed by atoms with Gasteiger partial charge in [0, 0.05) is 11.6 Å². The molecule has 104 valence electrons. The Hall–Kier alpha value is -0.550. The molecule has 2 unspecified atom stereocenters. The maximum Gasteiger partial charge on any atom is 0.0672 e. The van der Waals surface area contributed by atoms with Gasteiger partial charge in [-0.15, -0.1) is 0 Å². The molecule has 0 spiro atoms. The number of nitrogens with one attached hydrogen (secondary N) is 1. The molecule has 5 rings (SSSR count). The second-order valence-electron chi connectivity index (χ2n) is 7.97. The van der Waals surface area contributed by atoms with E-state index in [4.69, 9.17) is 0 Å². The SMILES string of the molecule is N#CC1CCCCC1NC12CC3CC(CC(C3)C1)C2. The van der Waals surface area contributed by atoms with Gasteiger partial charge in [0.15, 0.2) is 0 Å². The van der Waals surface area contributed by atoms with Gasteiger partial charge < -0.3 is 5.32 Å². The van der Waals surface area contributed by atoms with Crippen molar-refractivity contribution in [3.05, 3.63) is 0 Å². The molecule has 0 amide bonds. The predicted octanol–water partition coefficient (Wildman–Crippen LogP) is 3.63. The van der Waals surface area contributed by atoms with Crippen molar-refractivity contribution in [1.29, 1.82) is 5.26 Å². The third-order valence-corrected chi connectivity index (χ3v) is 6.46. The van der Waals surface area contributed by atoms with Gasteiger partial charge in [-0.1, -0.05) is 12.8 Å². The third-order valence-electron chi connectivity index (χ3n) is 6.46. The average Bonchev–Trinajstić information content (AvgIpc) is 2.37. The molecule has 5 saturated carbocycles. The zero-order valence-corrected chi connectivity index (χ0v) is 11.9. The van der Waals surface area contributed by atoms with Gasteiger partial charge in [-0.3, -0.25) is 0 Å². The summed E-state index contributed by atoms with van der Waals surface area (Å²) in [6.07, 6.45) is 13.7. The zero-order valence-electron chi connectivity index (χ0n) is 11.9. The van der Waals surface area contributed by atoms with Crippen LogP contribution in [0.5, 0.6) is 0 Å². The first-order valence-electron chi connectivity index (χ1n) is 8.44. The Kier molecular flexibility index (Phi) is 2.88. The molecule has 4 bridgehead atoms. The topological polar surface area (TPSA) is 35.8 Å². The Labute approximate surface area is 116 Å². The summed E-state index contributed by atoms with van der Waals surface area (Å²) < 4.78 is 0. The Morgan fingerprint density at radius 2 is 1.47 bits per heavy atom. The highest BCUT2D eigenvalue weighted by atomic mass is 15.0. The van der Waals surface area contributed by atoms with Crippen LogP contribution in [-0.4, -0.2) is 11.6 Å². The molecule has 5 aliphatic rings. The van der Waals surface area contributed by atoms with Crippen molar-refractivity contribution in [2.24, 2.45) is 23.7 Å². The molecule has 0 saturated heterocycles. The van der Waals surface area contributed by atoms with Gasteiger partial charge in [-0.2, -0.15) is 5.26 Å². The van der Waals surface area contributed by atoms with Crippen molar-refractivity contribution in [3.63, 3.8) is 0 Å². The molecule has 0 aromatic heterocycles. The number of hydrogen-bond acceptors (Lipinski definition) is 2. The molecular weight excluding hydrogens is 232 g/mol. The molecule has 5 aliphatic carbocycles. The van der Waals surface area contributed by atoms with E-state index in [1.165, 1.54) is 57.8 Å². The molecule has 0 heterocycles. The summed E-state index contributed by atoms with van der Waals surface area (Å²) >= 11 is 0. The highest BCUT2D eigenvalue weighted by Crippen LogP contribution is 2.56. The Morgan fingerprint density at radius 1 is 0.895 bits per heavy atom. The maximum absolute atomic E-state index is 9.38. The van der Waals surface area contributed by atoms with Crippen molar-refractivity contribution < 1.29 is 0 Å². The molecule has 2 heteroatoms. The van der Waals surface area contributed by atoms with E-state index in [9.17, 15) is 5.26 Å². The summed E-state index contributed by atoms with van der Waals surface area (Å²) in [5.74, 6) is 3.29. The van der Waals surface area contributed by atoms with Gasteiger partial charge >= 0.3 is 0 Å². The van der Waals surface area contributed by atoms with Crippen LogP contribution in [0.1, 0.15) is 64.2 Å². The minimum atomic E-state index is 0.279. The molecule has 2 nitrogen and oxygen atoms in total. The van der Waals surface area contributed by atoms with Crippen molar-refractivity contribution in [2.75, 3.05) is 0 Å². The van der Waals surface area contributed by atoms with E-state index in [0.29, 0.717) is 11.6 Å². The van der Waals surface area contributed by atoms with Crippen molar-refractivity contribution in [2.45, 2.75) is 75.8 Å². The first-order valence-corrected chi connectivity index (χ1v) is 8.44. The Balaban J connectivity index is 1.51. The van der Waals surface area contributed by atoms with Crippen LogP contribution in [0.3, 0.4) is 0 Å². The van der Waals surface area contributed by atoms with Crippen LogP contribution >= 0.6 is 0 Å². The molecule has 0 radical (unpaired) electrons. The van der Waals surface area contributed by atoms with Gasteiger partial charge in [0.05, 0.1) is 12.0 Å². The first kappa shape index (κ1) is 12.2. The van der Waals surface area contributed by atoms with E-state index in [-0.39, 0.29) is 5.92 Å². The number of rotatable bonds is 2. The summed E-state index contributed by atoms with van der Waals surface area (Å²) in [5, 5.41) is 13.4. The smallest absolute Gasteiger partial charge is 0.0672 e. The quantitative estimate of drug-likeness (QED) is 0.821. The lowest BCUT2D eigenvalue weighted by atomic mass is 9.52. The average molecular weight is 258 g/mol. The molecule has 1 N–H and O–H groups in total. The monoisotopic (exact) mass is 258 g/mol. The van der Waals surface area contributed by atoms with Crippen molar-refractivity contribution in [1.82, 2.24) is 5.32 Å². The van der Waals surface area contributed by atoms with Crippen molar-refractivity contribution in [3.8, 4) is 6.07 Å². The maximum atomic E-state index is 9.38. The standard InChI is InChI=1S/C17H26N2/c18-11-15-3-1-2-4-16(15)19-17-8-12-5-13(9-17)7-14(6-12)10-17/h12-16,19H,1-10H2. The van der Waals surface area contributed by atoms with Gasteiger partial charge in [0.25, 0.3) is 0 Å². The molecular formula is C17H26N2. The summed E-state index contributed by atoms with van der Waals surface area (Å²) in [7, 11) is 0. The summed E-state index contributed by atoms with van der Waals surface area (Å²) in [5.41, 5.74) is 0.436. The van der Waals surface area contributed by atoms with Gasteiger partial charge in [0.1, 0.15) is 0 Å². The minimum absolute atomic E-state index is 0.279. The second kappa shape index (κ2) is 4.48.